The van der Waals surface area contributed by atoms with Crippen LogP contribution in [0.5, 0.6) is 5.75 Å². The molecule has 0 saturated carbocycles. The SMILES string of the molecule is O=C(O)[C@@H](C/C=C/c1ccccc1)Oc1ccc(-c2cc3ccccc3s2)cc1. The molecule has 0 aliphatic heterocycles. The summed E-state index contributed by atoms with van der Waals surface area (Å²) in [5, 5.41) is 10.7. The highest BCUT2D eigenvalue weighted by Gasteiger charge is 2.18. The zero-order valence-electron chi connectivity index (χ0n) is 15.7. The van der Waals surface area contributed by atoms with Gasteiger partial charge >= 0.3 is 5.97 Å². The number of carboxylic acid groups (broad SMARTS) is 1. The highest BCUT2D eigenvalue weighted by molar-refractivity contribution is 7.22. The summed E-state index contributed by atoms with van der Waals surface area (Å²) in [4.78, 5) is 12.8. The van der Waals surface area contributed by atoms with Crippen molar-refractivity contribution in [3.8, 4) is 16.2 Å². The highest BCUT2D eigenvalue weighted by Crippen LogP contribution is 2.34. The van der Waals surface area contributed by atoms with Gasteiger partial charge in [0, 0.05) is 16.0 Å². The van der Waals surface area contributed by atoms with Crippen molar-refractivity contribution < 1.29 is 14.6 Å². The van der Waals surface area contributed by atoms with E-state index in [-0.39, 0.29) is 0 Å². The number of hydrogen-bond acceptors (Lipinski definition) is 3. The van der Waals surface area contributed by atoms with Crippen LogP contribution in [0.2, 0.25) is 0 Å². The molecule has 1 N–H and O–H groups in total. The van der Waals surface area contributed by atoms with Crippen molar-refractivity contribution in [1.29, 1.82) is 0 Å². The maximum atomic E-state index is 11.6. The van der Waals surface area contributed by atoms with Crippen LogP contribution < -0.4 is 4.74 Å². The maximum absolute atomic E-state index is 11.6. The van der Waals surface area contributed by atoms with Gasteiger partial charge in [-0.1, -0.05) is 60.7 Å². The van der Waals surface area contributed by atoms with Crippen LogP contribution in [-0.4, -0.2) is 17.2 Å². The van der Waals surface area contributed by atoms with E-state index in [0.717, 1.165) is 11.1 Å². The molecular weight excluding hydrogens is 380 g/mol. The van der Waals surface area contributed by atoms with Crippen molar-refractivity contribution in [2.24, 2.45) is 0 Å². The minimum atomic E-state index is -0.976. The number of carboxylic acids is 1. The van der Waals surface area contributed by atoms with Crippen molar-refractivity contribution in [1.82, 2.24) is 0 Å². The monoisotopic (exact) mass is 400 g/mol. The van der Waals surface area contributed by atoms with Crippen LogP contribution in [0.1, 0.15) is 12.0 Å². The fourth-order valence-electron chi connectivity index (χ4n) is 3.08. The fraction of sp³-hybridized carbons (Fsp3) is 0.0800. The van der Waals surface area contributed by atoms with Gasteiger partial charge in [-0.3, -0.25) is 0 Å². The number of carbonyl (C=O) groups is 1. The second-order valence-corrected chi connectivity index (χ2v) is 7.75. The van der Waals surface area contributed by atoms with Gasteiger partial charge in [0.2, 0.25) is 0 Å². The Morgan fingerprint density at radius 3 is 2.41 bits per heavy atom. The largest absolute Gasteiger partial charge is 0.478 e. The van der Waals surface area contributed by atoms with Crippen molar-refractivity contribution in [3.05, 3.63) is 96.6 Å². The van der Waals surface area contributed by atoms with Crippen LogP contribution in [0, 0.1) is 0 Å². The van der Waals surface area contributed by atoms with E-state index in [1.54, 1.807) is 11.3 Å². The van der Waals surface area contributed by atoms with E-state index in [9.17, 15) is 9.90 Å². The fourth-order valence-corrected chi connectivity index (χ4v) is 4.15. The molecule has 29 heavy (non-hydrogen) atoms. The zero-order chi connectivity index (χ0) is 20.1. The molecule has 0 aliphatic rings. The van der Waals surface area contributed by atoms with Gasteiger partial charge in [0.15, 0.2) is 6.10 Å². The first-order chi connectivity index (χ1) is 14.2. The average Bonchev–Trinajstić information content (AvgIpc) is 3.18. The summed E-state index contributed by atoms with van der Waals surface area (Å²) in [5.74, 6) is -0.424. The number of thiophene rings is 1. The standard InChI is InChI=1S/C25H20O3S/c26-25(27)22(11-6-9-18-7-2-1-3-8-18)28-21-15-13-19(14-16-21)24-17-20-10-4-5-12-23(20)29-24/h1-10,12-17,22H,11H2,(H,26,27)/b9-6+/t22-/m1/s1. The molecule has 0 amide bonds. The lowest BCUT2D eigenvalue weighted by atomic mass is 10.1. The third kappa shape index (κ3) is 4.73. The third-order valence-corrected chi connectivity index (χ3v) is 5.74. The highest BCUT2D eigenvalue weighted by atomic mass is 32.1. The summed E-state index contributed by atoms with van der Waals surface area (Å²) in [6, 6.07) is 27.9. The number of aliphatic carboxylic acids is 1. The summed E-state index contributed by atoms with van der Waals surface area (Å²) >= 11 is 1.74. The molecule has 4 aromatic rings. The Balaban J connectivity index is 1.44. The van der Waals surface area contributed by atoms with Crippen molar-refractivity contribution in [2.75, 3.05) is 0 Å². The Morgan fingerprint density at radius 2 is 1.69 bits per heavy atom. The lowest BCUT2D eigenvalue weighted by Crippen LogP contribution is -2.26. The first-order valence-corrected chi connectivity index (χ1v) is 10.2. The summed E-state index contributed by atoms with van der Waals surface area (Å²) in [5.41, 5.74) is 2.12. The number of hydrogen-bond donors (Lipinski definition) is 1. The van der Waals surface area contributed by atoms with Gasteiger partial charge < -0.3 is 9.84 Å². The molecule has 1 atom stereocenters. The van der Waals surface area contributed by atoms with Gasteiger partial charge in [-0.2, -0.15) is 0 Å². The zero-order valence-corrected chi connectivity index (χ0v) is 16.5. The third-order valence-electron chi connectivity index (χ3n) is 4.58. The molecular formula is C25H20O3S. The van der Waals surface area contributed by atoms with Crippen molar-refractivity contribution in [3.63, 3.8) is 0 Å². The Kier molecular flexibility index (Phi) is 5.73. The quantitative estimate of drug-likeness (QED) is 0.385. The topological polar surface area (TPSA) is 46.5 Å². The summed E-state index contributed by atoms with van der Waals surface area (Å²) in [6.45, 7) is 0. The van der Waals surface area contributed by atoms with Gasteiger partial charge in [-0.05, 0) is 52.9 Å². The summed E-state index contributed by atoms with van der Waals surface area (Å²) in [7, 11) is 0. The van der Waals surface area contributed by atoms with Crippen LogP contribution in [0.4, 0.5) is 0 Å². The van der Waals surface area contributed by atoms with E-state index in [1.807, 2.05) is 78.9 Å². The molecule has 0 aliphatic carbocycles. The van der Waals surface area contributed by atoms with E-state index in [4.69, 9.17) is 4.74 Å². The molecule has 4 rings (SSSR count). The molecule has 1 aromatic heterocycles. The van der Waals surface area contributed by atoms with Crippen LogP contribution in [0.15, 0.2) is 91.0 Å². The van der Waals surface area contributed by atoms with E-state index in [0.29, 0.717) is 12.2 Å². The predicted octanol–water partition coefficient (Wildman–Crippen LogP) is 6.50. The smallest absolute Gasteiger partial charge is 0.345 e. The van der Waals surface area contributed by atoms with E-state index < -0.39 is 12.1 Å². The lowest BCUT2D eigenvalue weighted by Gasteiger charge is -2.13. The van der Waals surface area contributed by atoms with Crippen molar-refractivity contribution >= 4 is 33.5 Å². The maximum Gasteiger partial charge on any atom is 0.345 e. The number of rotatable bonds is 7. The second kappa shape index (κ2) is 8.76. The van der Waals surface area contributed by atoms with Gasteiger partial charge in [0.25, 0.3) is 0 Å². The Bertz CT molecular complexity index is 1090. The number of fused-ring (bicyclic) bond motifs is 1. The molecule has 0 fully saturated rings. The van der Waals surface area contributed by atoms with Gasteiger partial charge in [-0.25, -0.2) is 4.79 Å². The molecule has 4 heteroatoms. The van der Waals surface area contributed by atoms with Crippen LogP contribution >= 0.6 is 11.3 Å². The number of benzene rings is 3. The minimum absolute atomic E-state index is 0.294. The normalized spacial score (nSPS) is 12.3. The average molecular weight is 400 g/mol. The second-order valence-electron chi connectivity index (χ2n) is 6.67. The molecule has 1 heterocycles. The van der Waals surface area contributed by atoms with E-state index in [2.05, 4.69) is 18.2 Å². The molecule has 3 nitrogen and oxygen atoms in total. The van der Waals surface area contributed by atoms with Crippen LogP contribution in [0.3, 0.4) is 0 Å². The van der Waals surface area contributed by atoms with Gasteiger partial charge in [0.1, 0.15) is 5.75 Å². The van der Waals surface area contributed by atoms with Gasteiger partial charge in [0.05, 0.1) is 0 Å². The number of ether oxygens (including phenoxy) is 1. The van der Waals surface area contributed by atoms with Crippen LogP contribution in [0.25, 0.3) is 26.6 Å². The summed E-state index contributed by atoms with van der Waals surface area (Å²) in [6.07, 6.45) is 3.11. The Labute approximate surface area is 173 Å². The van der Waals surface area contributed by atoms with Crippen molar-refractivity contribution in [2.45, 2.75) is 12.5 Å². The molecule has 144 valence electrons. The Morgan fingerprint density at radius 1 is 0.966 bits per heavy atom. The van der Waals surface area contributed by atoms with E-state index in [1.165, 1.54) is 15.0 Å². The predicted molar refractivity (Wildman–Crippen MR) is 119 cm³/mol. The van der Waals surface area contributed by atoms with Crippen LogP contribution in [-0.2, 0) is 4.79 Å². The minimum Gasteiger partial charge on any atom is -0.478 e. The molecule has 0 bridgehead atoms. The Hall–Kier alpha value is -3.37. The molecule has 0 saturated heterocycles. The van der Waals surface area contributed by atoms with E-state index >= 15 is 0 Å². The first-order valence-electron chi connectivity index (χ1n) is 9.39. The summed E-state index contributed by atoms with van der Waals surface area (Å²) < 4.78 is 6.97. The molecule has 0 radical (unpaired) electrons. The molecule has 0 spiro atoms. The lowest BCUT2D eigenvalue weighted by molar-refractivity contribution is -0.144. The first kappa shape index (κ1) is 19.0. The molecule has 3 aromatic carbocycles. The van der Waals surface area contributed by atoms with Gasteiger partial charge in [-0.15, -0.1) is 11.3 Å². The molecule has 0 unspecified atom stereocenters.